The molecule has 2 amide bonds. The van der Waals surface area contributed by atoms with Crippen LogP contribution in [0, 0.1) is 5.92 Å². The summed E-state index contributed by atoms with van der Waals surface area (Å²) >= 11 is 0. The Labute approximate surface area is 158 Å². The molecule has 1 aromatic heterocycles. The summed E-state index contributed by atoms with van der Waals surface area (Å²) in [6.45, 7) is 5.07. The van der Waals surface area contributed by atoms with E-state index < -0.39 is 12.1 Å². The van der Waals surface area contributed by atoms with Crippen LogP contribution in [0.1, 0.15) is 37.5 Å². The van der Waals surface area contributed by atoms with E-state index in [1.54, 1.807) is 0 Å². The fraction of sp³-hybridized carbons (Fsp3) is 0.474. The molecule has 8 heteroatoms. The third-order valence-corrected chi connectivity index (χ3v) is 4.54. The molecule has 0 spiro atoms. The molecule has 2 heterocycles. The number of aromatic nitrogens is 3. The van der Waals surface area contributed by atoms with Crippen LogP contribution in [0.15, 0.2) is 30.3 Å². The predicted molar refractivity (Wildman–Crippen MR) is 98.6 cm³/mol. The second-order valence-corrected chi connectivity index (χ2v) is 6.93. The largest absolute Gasteiger partial charge is 0.445 e. The lowest BCUT2D eigenvalue weighted by molar-refractivity contribution is -0.124. The first-order chi connectivity index (χ1) is 13.0. The highest BCUT2D eigenvalue weighted by Gasteiger charge is 2.25. The molecule has 1 aromatic carbocycles. The van der Waals surface area contributed by atoms with Gasteiger partial charge in [-0.1, -0.05) is 44.2 Å². The van der Waals surface area contributed by atoms with Gasteiger partial charge in [-0.25, -0.2) is 4.79 Å². The van der Waals surface area contributed by atoms with E-state index in [9.17, 15) is 9.59 Å². The van der Waals surface area contributed by atoms with E-state index in [0.29, 0.717) is 0 Å². The van der Waals surface area contributed by atoms with Gasteiger partial charge in [-0.2, -0.15) is 0 Å². The first-order valence-corrected chi connectivity index (χ1v) is 9.20. The minimum atomic E-state index is -0.686. The van der Waals surface area contributed by atoms with Crippen LogP contribution >= 0.6 is 0 Å². The summed E-state index contributed by atoms with van der Waals surface area (Å²) in [7, 11) is 0. The van der Waals surface area contributed by atoms with Gasteiger partial charge in [0.2, 0.25) is 5.91 Å². The molecule has 1 aliphatic heterocycles. The summed E-state index contributed by atoms with van der Waals surface area (Å²) in [6, 6.07) is 8.71. The molecule has 1 unspecified atom stereocenters. The molecular formula is C19H25N5O3. The maximum absolute atomic E-state index is 12.6. The second-order valence-electron chi connectivity index (χ2n) is 6.93. The maximum Gasteiger partial charge on any atom is 0.408 e. The molecule has 3 rings (SSSR count). The SMILES string of the molecule is CC(C)C(NC(=O)OCc1ccccc1)C(=O)NCc1nnc2n1CCC2. The molecule has 0 saturated carbocycles. The summed E-state index contributed by atoms with van der Waals surface area (Å²) in [5.74, 6) is 1.35. The van der Waals surface area contributed by atoms with Crippen molar-refractivity contribution < 1.29 is 14.3 Å². The van der Waals surface area contributed by atoms with Gasteiger partial charge >= 0.3 is 6.09 Å². The highest BCUT2D eigenvalue weighted by molar-refractivity contribution is 5.85. The number of hydrogen-bond acceptors (Lipinski definition) is 5. The molecule has 0 saturated heterocycles. The lowest BCUT2D eigenvalue weighted by atomic mass is 10.0. The van der Waals surface area contributed by atoms with Crippen LogP contribution < -0.4 is 10.6 Å². The number of rotatable bonds is 7. The topological polar surface area (TPSA) is 98.1 Å². The Kier molecular flexibility index (Phi) is 6.05. The van der Waals surface area contributed by atoms with Gasteiger partial charge in [-0.05, 0) is 17.9 Å². The fourth-order valence-corrected chi connectivity index (χ4v) is 3.04. The molecule has 8 nitrogen and oxygen atoms in total. The summed E-state index contributed by atoms with van der Waals surface area (Å²) in [5.41, 5.74) is 0.888. The summed E-state index contributed by atoms with van der Waals surface area (Å²) in [6.07, 6.45) is 1.36. The van der Waals surface area contributed by atoms with Crippen molar-refractivity contribution >= 4 is 12.0 Å². The average Bonchev–Trinajstić information content (AvgIpc) is 3.27. The number of ether oxygens (including phenoxy) is 1. The van der Waals surface area contributed by atoms with Crippen LogP contribution in [0.2, 0.25) is 0 Å². The first kappa shape index (κ1) is 18.9. The Morgan fingerprint density at radius 3 is 2.74 bits per heavy atom. The Balaban J connectivity index is 1.51. The normalized spacial score (nSPS) is 13.9. The van der Waals surface area contributed by atoms with Gasteiger partial charge in [0.15, 0.2) is 5.82 Å². The van der Waals surface area contributed by atoms with Crippen LogP contribution in [-0.4, -0.2) is 32.8 Å². The number of alkyl carbamates (subject to hydrolysis) is 1. The third-order valence-electron chi connectivity index (χ3n) is 4.54. The van der Waals surface area contributed by atoms with Gasteiger partial charge in [-0.3, -0.25) is 4.79 Å². The fourth-order valence-electron chi connectivity index (χ4n) is 3.04. The zero-order valence-electron chi connectivity index (χ0n) is 15.6. The number of nitrogens with one attached hydrogen (secondary N) is 2. The molecule has 0 aliphatic carbocycles. The van der Waals surface area contributed by atoms with Crippen molar-refractivity contribution in [2.45, 2.75) is 52.4 Å². The van der Waals surface area contributed by atoms with E-state index in [1.807, 2.05) is 48.7 Å². The number of aryl methyl sites for hydroxylation is 1. The van der Waals surface area contributed by atoms with Crippen molar-refractivity contribution in [1.29, 1.82) is 0 Å². The zero-order valence-corrected chi connectivity index (χ0v) is 15.6. The van der Waals surface area contributed by atoms with Crippen LogP contribution in [0.25, 0.3) is 0 Å². The van der Waals surface area contributed by atoms with E-state index in [-0.39, 0.29) is 25.0 Å². The maximum atomic E-state index is 12.6. The molecule has 1 atom stereocenters. The summed E-state index contributed by atoms with van der Waals surface area (Å²) < 4.78 is 7.25. The summed E-state index contributed by atoms with van der Waals surface area (Å²) in [4.78, 5) is 24.6. The monoisotopic (exact) mass is 371 g/mol. The standard InChI is InChI=1S/C19H25N5O3/c1-13(2)17(21-19(26)27-12-14-7-4-3-5-8-14)18(25)20-11-16-23-22-15-9-6-10-24(15)16/h3-5,7-8,13,17H,6,9-12H2,1-2H3,(H,20,25)(H,21,26). The van der Waals surface area contributed by atoms with E-state index in [0.717, 1.165) is 36.6 Å². The van der Waals surface area contributed by atoms with Crippen LogP contribution in [0.3, 0.4) is 0 Å². The molecule has 2 aromatic rings. The van der Waals surface area contributed by atoms with Crippen LogP contribution in [-0.2, 0) is 35.6 Å². The average molecular weight is 371 g/mol. The van der Waals surface area contributed by atoms with Crippen LogP contribution in [0.5, 0.6) is 0 Å². The van der Waals surface area contributed by atoms with Gasteiger partial charge in [-0.15, -0.1) is 10.2 Å². The minimum absolute atomic E-state index is 0.0848. The van der Waals surface area contributed by atoms with E-state index in [4.69, 9.17) is 4.74 Å². The molecule has 144 valence electrons. The highest BCUT2D eigenvalue weighted by atomic mass is 16.5. The number of carbonyl (C=O) groups excluding carboxylic acids is 2. The molecule has 0 radical (unpaired) electrons. The number of carbonyl (C=O) groups is 2. The molecule has 2 N–H and O–H groups in total. The molecular weight excluding hydrogens is 346 g/mol. The van der Waals surface area contributed by atoms with Crippen molar-refractivity contribution in [3.63, 3.8) is 0 Å². The lowest BCUT2D eigenvalue weighted by Gasteiger charge is -2.21. The second kappa shape index (κ2) is 8.66. The van der Waals surface area contributed by atoms with Gasteiger partial charge in [0.25, 0.3) is 0 Å². The number of amides is 2. The minimum Gasteiger partial charge on any atom is -0.445 e. The van der Waals surface area contributed by atoms with E-state index in [1.165, 1.54) is 0 Å². The Morgan fingerprint density at radius 2 is 2.00 bits per heavy atom. The zero-order chi connectivity index (χ0) is 19.2. The molecule has 27 heavy (non-hydrogen) atoms. The quantitative estimate of drug-likeness (QED) is 0.773. The first-order valence-electron chi connectivity index (χ1n) is 9.20. The van der Waals surface area contributed by atoms with Crippen molar-refractivity contribution in [2.24, 2.45) is 5.92 Å². The van der Waals surface area contributed by atoms with Crippen molar-refractivity contribution in [2.75, 3.05) is 0 Å². The number of nitrogens with zero attached hydrogens (tertiary/aromatic N) is 3. The van der Waals surface area contributed by atoms with E-state index >= 15 is 0 Å². The Hall–Kier alpha value is -2.90. The van der Waals surface area contributed by atoms with Gasteiger partial charge in [0.05, 0.1) is 6.54 Å². The Bertz CT molecular complexity index is 788. The smallest absolute Gasteiger partial charge is 0.408 e. The third kappa shape index (κ3) is 4.84. The number of fused-ring (bicyclic) bond motifs is 1. The van der Waals surface area contributed by atoms with Gasteiger partial charge < -0.3 is 19.9 Å². The van der Waals surface area contributed by atoms with Gasteiger partial charge in [0.1, 0.15) is 18.5 Å². The van der Waals surface area contributed by atoms with Crippen molar-refractivity contribution in [1.82, 2.24) is 25.4 Å². The van der Waals surface area contributed by atoms with Crippen molar-refractivity contribution in [3.8, 4) is 0 Å². The number of hydrogen-bond donors (Lipinski definition) is 2. The number of benzene rings is 1. The highest BCUT2D eigenvalue weighted by Crippen LogP contribution is 2.14. The van der Waals surface area contributed by atoms with E-state index in [2.05, 4.69) is 20.8 Å². The molecule has 0 fully saturated rings. The molecule has 1 aliphatic rings. The van der Waals surface area contributed by atoms with Crippen molar-refractivity contribution in [3.05, 3.63) is 47.5 Å². The van der Waals surface area contributed by atoms with Gasteiger partial charge in [0, 0.05) is 13.0 Å². The molecule has 0 bridgehead atoms. The summed E-state index contributed by atoms with van der Waals surface area (Å²) in [5, 5.41) is 13.7. The lowest BCUT2D eigenvalue weighted by Crippen LogP contribution is -2.49. The predicted octanol–water partition coefficient (Wildman–Crippen LogP) is 1.79. The Morgan fingerprint density at radius 1 is 1.22 bits per heavy atom. The van der Waals surface area contributed by atoms with Crippen LogP contribution in [0.4, 0.5) is 4.79 Å².